The molecule has 0 fully saturated rings. The fourth-order valence-electron chi connectivity index (χ4n) is 4.27. The Kier molecular flexibility index (Phi) is 6.15. The minimum Gasteiger partial charge on any atom is -0.350 e. The fourth-order valence-corrected chi connectivity index (χ4v) is 4.27. The summed E-state index contributed by atoms with van der Waals surface area (Å²) < 4.78 is 8.58. The van der Waals surface area contributed by atoms with Gasteiger partial charge in [-0.2, -0.15) is 4.98 Å². The van der Waals surface area contributed by atoms with Gasteiger partial charge in [0.05, 0.1) is 11.8 Å². The number of hydrogen-bond donors (Lipinski definition) is 1. The molecule has 9 heteroatoms. The maximum Gasteiger partial charge on any atom is 0.278 e. The summed E-state index contributed by atoms with van der Waals surface area (Å²) in [6, 6.07) is 13.9. The third kappa shape index (κ3) is 4.89. The largest absolute Gasteiger partial charge is 0.350 e. The lowest BCUT2D eigenvalue weighted by molar-refractivity contribution is -0.121. The Morgan fingerprint density at radius 1 is 1.05 bits per heavy atom. The Hall–Kier alpha value is -4.27. The Morgan fingerprint density at radius 2 is 1.78 bits per heavy atom. The lowest BCUT2D eigenvalue weighted by Crippen LogP contribution is -2.29. The van der Waals surface area contributed by atoms with Crippen LogP contribution in [0.1, 0.15) is 49.2 Å². The van der Waals surface area contributed by atoms with Crippen molar-refractivity contribution < 1.29 is 9.32 Å². The predicted octanol–water partition coefficient (Wildman–Crippen LogP) is 4.01. The van der Waals surface area contributed by atoms with E-state index in [9.17, 15) is 9.59 Å². The van der Waals surface area contributed by atoms with Gasteiger partial charge in [0.25, 0.3) is 5.56 Å². The summed E-state index contributed by atoms with van der Waals surface area (Å²) >= 11 is 0. The highest BCUT2D eigenvalue weighted by Crippen LogP contribution is 2.26. The van der Waals surface area contributed by atoms with Crippen LogP contribution in [0.25, 0.3) is 21.9 Å². The van der Waals surface area contributed by atoms with Crippen LogP contribution < -0.4 is 10.9 Å². The van der Waals surface area contributed by atoms with E-state index >= 15 is 0 Å². The molecule has 0 atom stereocenters. The number of benzene rings is 2. The summed E-state index contributed by atoms with van der Waals surface area (Å²) in [5.74, 6) is 0.698. The topological polar surface area (TPSA) is 108 Å². The molecule has 37 heavy (non-hydrogen) atoms. The molecule has 0 unspecified atom stereocenters. The third-order valence-electron chi connectivity index (χ3n) is 6.34. The molecule has 0 aliphatic rings. The highest BCUT2D eigenvalue weighted by Gasteiger charge is 2.22. The number of amides is 1. The van der Waals surface area contributed by atoms with Gasteiger partial charge in [0.15, 0.2) is 5.82 Å². The van der Waals surface area contributed by atoms with Gasteiger partial charge in [0, 0.05) is 17.3 Å². The number of aromatic nitrogens is 5. The second kappa shape index (κ2) is 9.31. The molecule has 0 spiro atoms. The van der Waals surface area contributed by atoms with Gasteiger partial charge in [0.2, 0.25) is 11.8 Å². The van der Waals surface area contributed by atoms with Gasteiger partial charge in [-0.15, -0.1) is 0 Å². The first-order valence-electron chi connectivity index (χ1n) is 12.2. The van der Waals surface area contributed by atoms with Crippen molar-refractivity contribution in [3.8, 4) is 0 Å². The van der Waals surface area contributed by atoms with Gasteiger partial charge < -0.3 is 14.4 Å². The van der Waals surface area contributed by atoms with E-state index in [1.54, 1.807) is 4.57 Å². The molecule has 0 saturated heterocycles. The molecule has 9 nitrogen and oxygen atoms in total. The van der Waals surface area contributed by atoms with Crippen molar-refractivity contribution in [2.45, 2.75) is 59.7 Å². The van der Waals surface area contributed by atoms with E-state index in [1.165, 1.54) is 10.9 Å². The van der Waals surface area contributed by atoms with Crippen LogP contribution in [0.15, 0.2) is 58.1 Å². The van der Waals surface area contributed by atoms with E-state index in [0.29, 0.717) is 29.3 Å². The SMILES string of the molecule is Cc1ccc(CNC(=O)Cn2c3ccc(C)cc3c3ncn(Cc4nc(C(C)(C)C)no4)c(=O)c32)cc1. The normalized spacial score (nSPS) is 11.9. The summed E-state index contributed by atoms with van der Waals surface area (Å²) in [5.41, 5.74) is 4.37. The zero-order valence-corrected chi connectivity index (χ0v) is 21.7. The lowest BCUT2D eigenvalue weighted by atomic mass is 9.96. The third-order valence-corrected chi connectivity index (χ3v) is 6.34. The van der Waals surface area contributed by atoms with E-state index in [4.69, 9.17) is 4.52 Å². The molecule has 1 amide bonds. The van der Waals surface area contributed by atoms with Gasteiger partial charge in [-0.3, -0.25) is 14.2 Å². The lowest BCUT2D eigenvalue weighted by Gasteiger charge is -2.11. The van der Waals surface area contributed by atoms with Gasteiger partial charge in [0.1, 0.15) is 24.1 Å². The molecule has 0 radical (unpaired) electrons. The van der Waals surface area contributed by atoms with E-state index in [2.05, 4.69) is 20.4 Å². The van der Waals surface area contributed by atoms with Crippen molar-refractivity contribution in [1.82, 2.24) is 29.6 Å². The molecule has 0 aliphatic carbocycles. The van der Waals surface area contributed by atoms with Crippen LogP contribution in [0.5, 0.6) is 0 Å². The monoisotopic (exact) mass is 498 g/mol. The number of rotatable bonds is 6. The van der Waals surface area contributed by atoms with Crippen LogP contribution in [0.2, 0.25) is 0 Å². The zero-order valence-electron chi connectivity index (χ0n) is 21.7. The zero-order chi connectivity index (χ0) is 26.3. The van der Waals surface area contributed by atoms with Crippen LogP contribution in [-0.4, -0.2) is 30.2 Å². The average molecular weight is 499 g/mol. The molecule has 190 valence electrons. The Labute approximate surface area is 214 Å². The van der Waals surface area contributed by atoms with Crippen LogP contribution in [-0.2, 0) is 29.8 Å². The maximum absolute atomic E-state index is 13.7. The molecular weight excluding hydrogens is 468 g/mol. The van der Waals surface area contributed by atoms with Crippen molar-refractivity contribution in [1.29, 1.82) is 0 Å². The van der Waals surface area contributed by atoms with Crippen molar-refractivity contribution in [2.75, 3.05) is 0 Å². The average Bonchev–Trinajstić information content (AvgIpc) is 3.44. The molecule has 3 heterocycles. The molecule has 0 bridgehead atoms. The van der Waals surface area contributed by atoms with E-state index in [0.717, 1.165) is 27.6 Å². The van der Waals surface area contributed by atoms with Crippen molar-refractivity contribution in [3.63, 3.8) is 0 Å². The summed E-state index contributed by atoms with van der Waals surface area (Å²) in [7, 11) is 0. The quantitative estimate of drug-likeness (QED) is 0.379. The molecule has 0 aliphatic heterocycles. The van der Waals surface area contributed by atoms with Gasteiger partial charge >= 0.3 is 0 Å². The molecule has 2 aromatic carbocycles. The summed E-state index contributed by atoms with van der Waals surface area (Å²) in [6.45, 7) is 10.5. The number of hydrogen-bond acceptors (Lipinski definition) is 6. The summed E-state index contributed by atoms with van der Waals surface area (Å²) in [4.78, 5) is 35.7. The number of aryl methyl sites for hydroxylation is 2. The summed E-state index contributed by atoms with van der Waals surface area (Å²) in [6.07, 6.45) is 1.50. The van der Waals surface area contributed by atoms with Crippen LogP contribution >= 0.6 is 0 Å². The molecule has 3 aromatic heterocycles. The van der Waals surface area contributed by atoms with Gasteiger partial charge in [-0.1, -0.05) is 67.4 Å². The van der Waals surface area contributed by atoms with Crippen molar-refractivity contribution in [3.05, 3.63) is 87.6 Å². The first-order chi connectivity index (χ1) is 17.6. The summed E-state index contributed by atoms with van der Waals surface area (Å²) in [5, 5.41) is 7.84. The molecule has 0 saturated carbocycles. The number of fused-ring (bicyclic) bond motifs is 3. The molecular formula is C28H30N6O3. The smallest absolute Gasteiger partial charge is 0.278 e. The van der Waals surface area contributed by atoms with Gasteiger partial charge in [-0.25, -0.2) is 4.98 Å². The Morgan fingerprint density at radius 3 is 2.49 bits per heavy atom. The number of nitrogens with zero attached hydrogens (tertiary/aromatic N) is 5. The fraction of sp³-hybridized carbons (Fsp3) is 0.321. The van der Waals surface area contributed by atoms with E-state index < -0.39 is 0 Å². The first kappa shape index (κ1) is 24.4. The second-order valence-corrected chi connectivity index (χ2v) is 10.5. The number of carbonyl (C=O) groups excluding carboxylic acids is 1. The highest BCUT2D eigenvalue weighted by atomic mass is 16.5. The van der Waals surface area contributed by atoms with Crippen molar-refractivity contribution in [2.24, 2.45) is 0 Å². The van der Waals surface area contributed by atoms with Crippen LogP contribution in [0, 0.1) is 13.8 Å². The second-order valence-electron chi connectivity index (χ2n) is 10.5. The van der Waals surface area contributed by atoms with Crippen LogP contribution in [0.4, 0.5) is 0 Å². The van der Waals surface area contributed by atoms with Crippen molar-refractivity contribution >= 4 is 27.8 Å². The highest BCUT2D eigenvalue weighted by molar-refractivity contribution is 6.06. The first-order valence-corrected chi connectivity index (χ1v) is 12.2. The van der Waals surface area contributed by atoms with Crippen LogP contribution in [0.3, 0.4) is 0 Å². The standard InChI is InChI=1S/C28H30N6O3/c1-17-6-9-19(10-7-17)13-29-22(35)14-34-21-11-8-18(2)12-20(21)24-25(34)26(36)33(16-30-24)15-23-31-27(32-37-23)28(3,4)5/h6-12,16H,13-15H2,1-5H3,(H,29,35). The number of nitrogens with one attached hydrogen (secondary N) is 1. The predicted molar refractivity (Wildman–Crippen MR) is 141 cm³/mol. The van der Waals surface area contributed by atoms with E-state index in [1.807, 2.05) is 77.1 Å². The van der Waals surface area contributed by atoms with Gasteiger partial charge in [-0.05, 0) is 31.5 Å². The minimum atomic E-state index is -0.277. The van der Waals surface area contributed by atoms with E-state index in [-0.39, 0.29) is 30.0 Å². The Balaban J connectivity index is 1.51. The Bertz CT molecular complexity index is 1670. The molecule has 1 N–H and O–H groups in total. The molecule has 5 rings (SSSR count). The maximum atomic E-state index is 13.7. The molecule has 5 aromatic rings. The number of carbonyl (C=O) groups is 1. The minimum absolute atomic E-state index is 0.00934.